The van der Waals surface area contributed by atoms with Gasteiger partial charge in [-0.25, -0.2) is 4.79 Å². The van der Waals surface area contributed by atoms with Gasteiger partial charge < -0.3 is 20.3 Å². The van der Waals surface area contributed by atoms with Crippen molar-refractivity contribution in [2.75, 3.05) is 11.9 Å². The molecule has 0 aliphatic carbocycles. The van der Waals surface area contributed by atoms with Crippen molar-refractivity contribution in [1.29, 1.82) is 0 Å². The summed E-state index contributed by atoms with van der Waals surface area (Å²) in [6, 6.07) is 11.8. The van der Waals surface area contributed by atoms with E-state index in [0.717, 1.165) is 31.4 Å². The molecule has 3 N–H and O–H groups in total. The van der Waals surface area contributed by atoms with Crippen LogP contribution in [0.25, 0.3) is 6.08 Å². The van der Waals surface area contributed by atoms with E-state index in [1.54, 1.807) is 6.08 Å². The van der Waals surface area contributed by atoms with E-state index in [2.05, 4.69) is 5.32 Å². The fourth-order valence-electron chi connectivity index (χ4n) is 2.98. The van der Waals surface area contributed by atoms with Crippen LogP contribution in [-0.2, 0) is 16.0 Å². The first-order valence-corrected chi connectivity index (χ1v) is 8.77. The number of phenols is 1. The molecule has 0 spiro atoms. The van der Waals surface area contributed by atoms with Gasteiger partial charge in [0.1, 0.15) is 11.3 Å². The number of carbonyl (C=O) groups excluding carboxylic acids is 1. The molecule has 2 aromatic carbocycles. The van der Waals surface area contributed by atoms with E-state index in [0.29, 0.717) is 11.8 Å². The van der Waals surface area contributed by atoms with Crippen LogP contribution in [0.2, 0.25) is 0 Å². The molecule has 27 heavy (non-hydrogen) atoms. The first-order chi connectivity index (χ1) is 13.0. The van der Waals surface area contributed by atoms with Gasteiger partial charge in [-0.05, 0) is 48.6 Å². The van der Waals surface area contributed by atoms with Crippen LogP contribution in [0.5, 0.6) is 5.75 Å². The summed E-state index contributed by atoms with van der Waals surface area (Å²) >= 11 is 0. The Hall–Kier alpha value is -3.12. The lowest BCUT2D eigenvalue weighted by Crippen LogP contribution is -2.08. The molecule has 1 unspecified atom stereocenters. The molecule has 0 bridgehead atoms. The SMILES string of the molecule is O=C(C=Cc1ccc(CC2CCCO2)cc1)Nc1ccc(C(=O)O)c(O)c1. The van der Waals surface area contributed by atoms with Gasteiger partial charge in [-0.2, -0.15) is 0 Å². The topological polar surface area (TPSA) is 95.9 Å². The van der Waals surface area contributed by atoms with Crippen LogP contribution in [-0.4, -0.2) is 34.8 Å². The Kier molecular flexibility index (Phi) is 5.88. The number of benzene rings is 2. The average molecular weight is 367 g/mol. The zero-order chi connectivity index (χ0) is 19.2. The number of aromatic carboxylic acids is 1. The molecule has 6 heteroatoms. The maximum absolute atomic E-state index is 12.0. The zero-order valence-electron chi connectivity index (χ0n) is 14.7. The van der Waals surface area contributed by atoms with E-state index in [1.807, 2.05) is 24.3 Å². The number of hydrogen-bond acceptors (Lipinski definition) is 4. The van der Waals surface area contributed by atoms with Crippen molar-refractivity contribution in [3.63, 3.8) is 0 Å². The summed E-state index contributed by atoms with van der Waals surface area (Å²) in [7, 11) is 0. The van der Waals surface area contributed by atoms with Crippen molar-refractivity contribution in [2.45, 2.75) is 25.4 Å². The highest BCUT2D eigenvalue weighted by atomic mass is 16.5. The number of hydrogen-bond donors (Lipinski definition) is 3. The molecule has 1 amide bonds. The summed E-state index contributed by atoms with van der Waals surface area (Å²) in [6.07, 6.45) is 6.51. The molecule has 0 saturated carbocycles. The number of aromatic hydroxyl groups is 1. The summed E-state index contributed by atoms with van der Waals surface area (Å²) in [5.41, 5.74) is 2.20. The Labute approximate surface area is 157 Å². The number of carboxylic acids is 1. The standard InChI is InChI=1S/C21H21NO5/c23-19-13-16(8-9-18(19)21(25)26)22-20(24)10-7-14-3-5-15(6-4-14)12-17-2-1-11-27-17/h3-10,13,17,23H,1-2,11-12H2,(H,22,24)(H,25,26). The maximum atomic E-state index is 12.0. The first kappa shape index (κ1) is 18.7. The van der Waals surface area contributed by atoms with Gasteiger partial charge in [-0.15, -0.1) is 0 Å². The van der Waals surface area contributed by atoms with E-state index in [4.69, 9.17) is 9.84 Å². The molecule has 140 valence electrons. The largest absolute Gasteiger partial charge is 0.507 e. The second kappa shape index (κ2) is 8.51. The summed E-state index contributed by atoms with van der Waals surface area (Å²) < 4.78 is 5.63. The highest BCUT2D eigenvalue weighted by Gasteiger charge is 2.15. The van der Waals surface area contributed by atoms with Crippen LogP contribution in [0, 0.1) is 0 Å². The van der Waals surface area contributed by atoms with Crippen LogP contribution in [0.4, 0.5) is 5.69 Å². The summed E-state index contributed by atoms with van der Waals surface area (Å²) in [4.78, 5) is 22.9. The monoisotopic (exact) mass is 367 g/mol. The molecule has 0 aromatic heterocycles. The highest BCUT2D eigenvalue weighted by molar-refractivity contribution is 6.02. The number of carboxylic acid groups (broad SMARTS) is 1. The molecule has 6 nitrogen and oxygen atoms in total. The van der Waals surface area contributed by atoms with Gasteiger partial charge in [0, 0.05) is 24.4 Å². The number of ether oxygens (including phenoxy) is 1. The van der Waals surface area contributed by atoms with E-state index in [-0.39, 0.29) is 11.5 Å². The Morgan fingerprint density at radius 3 is 2.59 bits per heavy atom. The Morgan fingerprint density at radius 1 is 1.19 bits per heavy atom. The summed E-state index contributed by atoms with van der Waals surface area (Å²) in [5, 5.41) is 21.1. The molecule has 1 atom stereocenters. The van der Waals surface area contributed by atoms with Crippen LogP contribution in [0.3, 0.4) is 0 Å². The average Bonchev–Trinajstić information content (AvgIpc) is 3.14. The summed E-state index contributed by atoms with van der Waals surface area (Å²) in [5.74, 6) is -2.00. The minimum atomic E-state index is -1.23. The number of nitrogens with one attached hydrogen (secondary N) is 1. The van der Waals surface area contributed by atoms with E-state index >= 15 is 0 Å². The molecule has 1 heterocycles. The minimum absolute atomic E-state index is 0.216. The number of carbonyl (C=O) groups is 2. The van der Waals surface area contributed by atoms with Gasteiger partial charge in [-0.3, -0.25) is 4.79 Å². The molecular weight excluding hydrogens is 346 g/mol. The predicted octanol–water partition coefficient (Wildman–Crippen LogP) is 3.46. The molecule has 2 aromatic rings. The second-order valence-electron chi connectivity index (χ2n) is 6.44. The zero-order valence-corrected chi connectivity index (χ0v) is 14.7. The van der Waals surface area contributed by atoms with Crippen LogP contribution < -0.4 is 5.32 Å². The summed E-state index contributed by atoms with van der Waals surface area (Å²) in [6.45, 7) is 0.845. The smallest absolute Gasteiger partial charge is 0.339 e. The fourth-order valence-corrected chi connectivity index (χ4v) is 2.98. The van der Waals surface area contributed by atoms with Gasteiger partial charge in [0.15, 0.2) is 0 Å². The van der Waals surface area contributed by atoms with Crippen molar-refractivity contribution < 1.29 is 24.5 Å². The Balaban J connectivity index is 1.56. The van der Waals surface area contributed by atoms with Gasteiger partial charge >= 0.3 is 5.97 Å². The van der Waals surface area contributed by atoms with Crippen molar-refractivity contribution in [1.82, 2.24) is 0 Å². The van der Waals surface area contributed by atoms with Crippen molar-refractivity contribution in [3.8, 4) is 5.75 Å². The minimum Gasteiger partial charge on any atom is -0.507 e. The molecule has 3 rings (SSSR count). The molecule has 1 fully saturated rings. The van der Waals surface area contributed by atoms with Gasteiger partial charge in [0.2, 0.25) is 5.91 Å². The van der Waals surface area contributed by atoms with Gasteiger partial charge in [-0.1, -0.05) is 24.3 Å². The third kappa shape index (κ3) is 5.18. The van der Waals surface area contributed by atoms with Crippen LogP contribution in [0.15, 0.2) is 48.5 Å². The van der Waals surface area contributed by atoms with Gasteiger partial charge in [0.05, 0.1) is 6.10 Å². The Bertz CT molecular complexity index is 851. The molecule has 1 saturated heterocycles. The maximum Gasteiger partial charge on any atom is 0.339 e. The van der Waals surface area contributed by atoms with E-state index in [9.17, 15) is 14.7 Å². The number of amides is 1. The number of anilines is 1. The second-order valence-corrected chi connectivity index (χ2v) is 6.44. The molecular formula is C21H21NO5. The lowest BCUT2D eigenvalue weighted by atomic mass is 10.0. The van der Waals surface area contributed by atoms with Crippen molar-refractivity contribution in [2.24, 2.45) is 0 Å². The first-order valence-electron chi connectivity index (χ1n) is 8.77. The van der Waals surface area contributed by atoms with E-state index in [1.165, 1.54) is 29.8 Å². The Morgan fingerprint density at radius 2 is 1.96 bits per heavy atom. The third-order valence-electron chi connectivity index (χ3n) is 4.39. The van der Waals surface area contributed by atoms with Crippen LogP contribution >= 0.6 is 0 Å². The normalized spacial score (nSPS) is 16.5. The fraction of sp³-hybridized carbons (Fsp3) is 0.238. The van der Waals surface area contributed by atoms with Crippen LogP contribution in [0.1, 0.15) is 34.3 Å². The molecule has 0 radical (unpaired) electrons. The predicted molar refractivity (Wildman–Crippen MR) is 102 cm³/mol. The van der Waals surface area contributed by atoms with E-state index < -0.39 is 11.7 Å². The third-order valence-corrected chi connectivity index (χ3v) is 4.39. The number of rotatable bonds is 6. The molecule has 1 aliphatic rings. The lowest BCUT2D eigenvalue weighted by molar-refractivity contribution is -0.111. The lowest BCUT2D eigenvalue weighted by Gasteiger charge is -2.09. The van der Waals surface area contributed by atoms with Gasteiger partial charge in [0.25, 0.3) is 0 Å². The highest BCUT2D eigenvalue weighted by Crippen LogP contribution is 2.22. The molecule has 1 aliphatic heterocycles. The van der Waals surface area contributed by atoms with Crippen molar-refractivity contribution in [3.05, 3.63) is 65.2 Å². The van der Waals surface area contributed by atoms with Crippen molar-refractivity contribution >= 4 is 23.6 Å². The quantitative estimate of drug-likeness (QED) is 0.680.